The van der Waals surface area contributed by atoms with Crippen molar-refractivity contribution in [2.24, 2.45) is 0 Å². The molecule has 5 nitrogen and oxygen atoms in total. The van der Waals surface area contributed by atoms with Crippen molar-refractivity contribution in [3.63, 3.8) is 0 Å². The smallest absolute Gasteiger partial charge is 0.257 e. The van der Waals surface area contributed by atoms with E-state index in [9.17, 15) is 4.79 Å². The van der Waals surface area contributed by atoms with Gasteiger partial charge in [0, 0.05) is 16.9 Å². The summed E-state index contributed by atoms with van der Waals surface area (Å²) < 4.78 is 0. The highest BCUT2D eigenvalue weighted by molar-refractivity contribution is 6.36. The predicted molar refractivity (Wildman–Crippen MR) is 103 cm³/mol. The summed E-state index contributed by atoms with van der Waals surface area (Å²) in [6.45, 7) is 0. The molecule has 0 unspecified atom stereocenters. The molecular weight excluding hydrogens is 371 g/mol. The van der Waals surface area contributed by atoms with Crippen molar-refractivity contribution in [1.82, 2.24) is 4.98 Å². The predicted octanol–water partition coefficient (Wildman–Crippen LogP) is 5.26. The molecule has 0 aliphatic carbocycles. The maximum Gasteiger partial charge on any atom is 0.257 e. The van der Waals surface area contributed by atoms with Crippen molar-refractivity contribution in [1.29, 1.82) is 5.26 Å². The average Bonchev–Trinajstić information content (AvgIpc) is 2.64. The summed E-state index contributed by atoms with van der Waals surface area (Å²) in [6, 6.07) is 17.1. The van der Waals surface area contributed by atoms with Crippen LogP contribution in [0.1, 0.15) is 15.9 Å². The first kappa shape index (κ1) is 17.7. The SMILES string of the molecule is N#Cc1cccc(NC(=O)c2ccc(Nc3ccc(Cl)cc3Cl)nc2)c1. The van der Waals surface area contributed by atoms with Crippen LogP contribution in [0.4, 0.5) is 17.2 Å². The van der Waals surface area contributed by atoms with Crippen LogP contribution in [-0.2, 0) is 0 Å². The number of carbonyl (C=O) groups excluding carboxylic acids is 1. The van der Waals surface area contributed by atoms with Crippen LogP contribution in [0.5, 0.6) is 0 Å². The molecule has 1 aromatic heterocycles. The number of rotatable bonds is 4. The lowest BCUT2D eigenvalue weighted by atomic mass is 10.2. The molecule has 1 amide bonds. The van der Waals surface area contributed by atoms with E-state index in [1.54, 1.807) is 54.6 Å². The molecule has 0 aliphatic heterocycles. The number of pyridine rings is 1. The number of nitriles is 1. The fourth-order valence-electron chi connectivity index (χ4n) is 2.20. The number of hydrogen-bond acceptors (Lipinski definition) is 4. The highest BCUT2D eigenvalue weighted by atomic mass is 35.5. The molecule has 2 N–H and O–H groups in total. The van der Waals surface area contributed by atoms with Gasteiger partial charge in [-0.3, -0.25) is 4.79 Å². The van der Waals surface area contributed by atoms with Crippen LogP contribution in [0.25, 0.3) is 0 Å². The first-order chi connectivity index (χ1) is 12.5. The minimum Gasteiger partial charge on any atom is -0.339 e. The van der Waals surface area contributed by atoms with Gasteiger partial charge in [-0.2, -0.15) is 5.26 Å². The normalized spacial score (nSPS) is 10.0. The van der Waals surface area contributed by atoms with E-state index >= 15 is 0 Å². The lowest BCUT2D eigenvalue weighted by molar-refractivity contribution is 0.102. The Bertz CT molecular complexity index is 997. The van der Waals surface area contributed by atoms with E-state index in [-0.39, 0.29) is 5.91 Å². The average molecular weight is 383 g/mol. The fourth-order valence-corrected chi connectivity index (χ4v) is 2.66. The van der Waals surface area contributed by atoms with E-state index in [1.165, 1.54) is 6.20 Å². The number of nitrogens with one attached hydrogen (secondary N) is 2. The lowest BCUT2D eigenvalue weighted by Gasteiger charge is -2.09. The van der Waals surface area contributed by atoms with Gasteiger partial charge in [-0.15, -0.1) is 0 Å². The third-order valence-electron chi connectivity index (χ3n) is 3.47. The van der Waals surface area contributed by atoms with E-state index in [2.05, 4.69) is 15.6 Å². The third-order valence-corrected chi connectivity index (χ3v) is 4.02. The van der Waals surface area contributed by atoms with Crippen LogP contribution < -0.4 is 10.6 Å². The third kappa shape index (κ3) is 4.31. The van der Waals surface area contributed by atoms with Crippen LogP contribution in [-0.4, -0.2) is 10.9 Å². The van der Waals surface area contributed by atoms with Crippen molar-refractivity contribution in [2.75, 3.05) is 10.6 Å². The number of amides is 1. The Morgan fingerprint density at radius 2 is 1.92 bits per heavy atom. The molecule has 0 bridgehead atoms. The minimum atomic E-state index is -0.316. The second-order valence-corrected chi connectivity index (χ2v) is 6.17. The van der Waals surface area contributed by atoms with Crippen LogP contribution >= 0.6 is 23.2 Å². The van der Waals surface area contributed by atoms with Crippen LogP contribution in [0.3, 0.4) is 0 Å². The number of carbonyl (C=O) groups is 1. The summed E-state index contributed by atoms with van der Waals surface area (Å²) in [5, 5.41) is 15.7. The van der Waals surface area contributed by atoms with Gasteiger partial charge in [0.05, 0.1) is 27.9 Å². The Morgan fingerprint density at radius 3 is 2.62 bits per heavy atom. The Balaban J connectivity index is 1.70. The maximum atomic E-state index is 12.3. The molecule has 0 aliphatic rings. The maximum absolute atomic E-state index is 12.3. The van der Waals surface area contributed by atoms with E-state index < -0.39 is 0 Å². The van der Waals surface area contributed by atoms with Crippen molar-refractivity contribution in [3.05, 3.63) is 82.0 Å². The fraction of sp³-hybridized carbons (Fsp3) is 0. The Morgan fingerprint density at radius 1 is 1.08 bits per heavy atom. The molecule has 1 heterocycles. The van der Waals surface area contributed by atoms with Gasteiger partial charge in [0.15, 0.2) is 0 Å². The molecule has 0 saturated heterocycles. The van der Waals surface area contributed by atoms with Gasteiger partial charge in [-0.1, -0.05) is 29.3 Å². The molecule has 0 radical (unpaired) electrons. The minimum absolute atomic E-state index is 0.316. The van der Waals surface area contributed by atoms with E-state index in [4.69, 9.17) is 28.5 Å². The number of benzene rings is 2. The summed E-state index contributed by atoms with van der Waals surface area (Å²) in [7, 11) is 0. The van der Waals surface area contributed by atoms with Gasteiger partial charge < -0.3 is 10.6 Å². The lowest BCUT2D eigenvalue weighted by Crippen LogP contribution is -2.12. The summed E-state index contributed by atoms with van der Waals surface area (Å²) >= 11 is 12.0. The highest BCUT2D eigenvalue weighted by Crippen LogP contribution is 2.27. The Hall–Kier alpha value is -3.07. The monoisotopic (exact) mass is 382 g/mol. The van der Waals surface area contributed by atoms with Gasteiger partial charge in [0.2, 0.25) is 0 Å². The van der Waals surface area contributed by atoms with E-state index in [0.717, 1.165) is 0 Å². The van der Waals surface area contributed by atoms with Crippen molar-refractivity contribution in [3.8, 4) is 6.07 Å². The first-order valence-corrected chi connectivity index (χ1v) is 8.30. The quantitative estimate of drug-likeness (QED) is 0.645. The van der Waals surface area contributed by atoms with Crippen molar-refractivity contribution in [2.45, 2.75) is 0 Å². The molecule has 0 atom stereocenters. The van der Waals surface area contributed by atoms with Crippen molar-refractivity contribution >= 4 is 46.3 Å². The summed E-state index contributed by atoms with van der Waals surface area (Å²) in [6.07, 6.45) is 1.45. The van der Waals surface area contributed by atoms with Crippen LogP contribution in [0, 0.1) is 11.3 Å². The summed E-state index contributed by atoms with van der Waals surface area (Å²) in [5.74, 6) is 0.223. The first-order valence-electron chi connectivity index (χ1n) is 7.55. The number of halogens is 2. The summed E-state index contributed by atoms with van der Waals surface area (Å²) in [4.78, 5) is 16.5. The molecule has 128 valence electrons. The van der Waals surface area contributed by atoms with Gasteiger partial charge >= 0.3 is 0 Å². The van der Waals surface area contributed by atoms with E-state index in [1.807, 2.05) is 6.07 Å². The number of nitrogens with zero attached hydrogens (tertiary/aromatic N) is 2. The standard InChI is InChI=1S/C19H12Cl2N4O/c20-14-5-6-17(16(21)9-14)25-18-7-4-13(11-23-18)19(26)24-15-3-1-2-12(8-15)10-22/h1-9,11H,(H,23,25)(H,24,26). The molecule has 3 aromatic rings. The van der Waals surface area contributed by atoms with Gasteiger partial charge in [-0.05, 0) is 48.5 Å². The van der Waals surface area contributed by atoms with Gasteiger partial charge in [0.1, 0.15) is 5.82 Å². The molecule has 26 heavy (non-hydrogen) atoms. The molecule has 3 rings (SSSR count). The van der Waals surface area contributed by atoms with Crippen molar-refractivity contribution < 1.29 is 4.79 Å². The second kappa shape index (κ2) is 7.87. The molecule has 0 fully saturated rings. The zero-order chi connectivity index (χ0) is 18.5. The number of anilines is 3. The van der Waals surface area contributed by atoms with Gasteiger partial charge in [0.25, 0.3) is 5.91 Å². The molecule has 0 saturated carbocycles. The Labute approximate surface area is 160 Å². The van der Waals surface area contributed by atoms with Crippen LogP contribution in [0.15, 0.2) is 60.8 Å². The largest absolute Gasteiger partial charge is 0.339 e. The highest BCUT2D eigenvalue weighted by Gasteiger charge is 2.08. The zero-order valence-corrected chi connectivity index (χ0v) is 14.8. The molecule has 0 spiro atoms. The molecular formula is C19H12Cl2N4O. The van der Waals surface area contributed by atoms with Gasteiger partial charge in [-0.25, -0.2) is 4.98 Å². The topological polar surface area (TPSA) is 77.8 Å². The van der Waals surface area contributed by atoms with Crippen LogP contribution in [0.2, 0.25) is 10.0 Å². The van der Waals surface area contributed by atoms with E-state index in [0.29, 0.717) is 38.4 Å². The molecule has 7 heteroatoms. The second-order valence-electron chi connectivity index (χ2n) is 5.33. The zero-order valence-electron chi connectivity index (χ0n) is 13.3. The number of aromatic nitrogens is 1. The Kier molecular flexibility index (Phi) is 5.37. The molecule has 2 aromatic carbocycles. The number of hydrogen-bond donors (Lipinski definition) is 2. The summed E-state index contributed by atoms with van der Waals surface area (Å²) in [5.41, 5.74) is 2.07.